The van der Waals surface area contributed by atoms with Crippen molar-refractivity contribution in [2.75, 3.05) is 26.2 Å². The van der Waals surface area contributed by atoms with E-state index in [9.17, 15) is 14.4 Å². The monoisotopic (exact) mass is 450 g/mol. The average molecular weight is 451 g/mol. The van der Waals surface area contributed by atoms with Gasteiger partial charge >= 0.3 is 12.1 Å². The first-order valence-electron chi connectivity index (χ1n) is 11.5. The summed E-state index contributed by atoms with van der Waals surface area (Å²) in [7, 11) is 0. The van der Waals surface area contributed by atoms with Crippen LogP contribution in [-0.4, -0.2) is 54.2 Å². The lowest BCUT2D eigenvalue weighted by Crippen LogP contribution is -2.34. The summed E-state index contributed by atoms with van der Waals surface area (Å²) in [6.45, 7) is 3.61. The van der Waals surface area contributed by atoms with Crippen molar-refractivity contribution in [3.63, 3.8) is 0 Å². The molecule has 2 N–H and O–H groups in total. The highest BCUT2D eigenvalue weighted by Gasteiger charge is 2.30. The van der Waals surface area contributed by atoms with Crippen LogP contribution in [0, 0.1) is 11.8 Å². The zero-order valence-corrected chi connectivity index (χ0v) is 18.8. The number of nitrogens with zero attached hydrogens (tertiary/aromatic N) is 1. The van der Waals surface area contributed by atoms with Gasteiger partial charge in [0.2, 0.25) is 5.91 Å². The quantitative estimate of drug-likeness (QED) is 0.636. The van der Waals surface area contributed by atoms with Gasteiger partial charge in [0.25, 0.3) is 0 Å². The number of benzene rings is 2. The van der Waals surface area contributed by atoms with Gasteiger partial charge in [-0.2, -0.15) is 0 Å². The van der Waals surface area contributed by atoms with E-state index in [1.165, 1.54) is 11.1 Å². The van der Waals surface area contributed by atoms with Gasteiger partial charge in [0.1, 0.15) is 6.61 Å². The van der Waals surface area contributed by atoms with Crippen molar-refractivity contribution in [2.45, 2.75) is 32.1 Å². The van der Waals surface area contributed by atoms with E-state index in [1.807, 2.05) is 31.2 Å². The average Bonchev–Trinajstić information content (AvgIpc) is 3.38. The van der Waals surface area contributed by atoms with Crippen LogP contribution in [0.3, 0.4) is 0 Å². The summed E-state index contributed by atoms with van der Waals surface area (Å²) in [6.07, 6.45) is 0.648. The molecule has 0 saturated carbocycles. The molecule has 2 aromatic rings. The molecule has 7 nitrogen and oxygen atoms in total. The number of nitrogens with one attached hydrogen (secondary N) is 1. The molecular weight excluding hydrogens is 420 g/mol. The molecule has 1 heterocycles. The maximum absolute atomic E-state index is 12.5. The minimum atomic E-state index is -0.824. The second-order valence-corrected chi connectivity index (χ2v) is 9.11. The highest BCUT2D eigenvalue weighted by Crippen LogP contribution is 2.44. The molecule has 1 saturated heterocycles. The van der Waals surface area contributed by atoms with Crippen LogP contribution in [0.2, 0.25) is 0 Å². The smallest absolute Gasteiger partial charge is 0.407 e. The first-order valence-corrected chi connectivity index (χ1v) is 11.5. The molecule has 0 aromatic heterocycles. The van der Waals surface area contributed by atoms with Crippen LogP contribution in [-0.2, 0) is 14.3 Å². The van der Waals surface area contributed by atoms with Gasteiger partial charge in [0, 0.05) is 38.4 Å². The molecule has 2 aliphatic rings. The van der Waals surface area contributed by atoms with Gasteiger partial charge in [0.15, 0.2) is 0 Å². The number of hydrogen-bond donors (Lipinski definition) is 2. The number of alkyl carbamates (subject to hydrolysis) is 1. The summed E-state index contributed by atoms with van der Waals surface area (Å²) in [6, 6.07) is 16.4. The third-order valence-electron chi connectivity index (χ3n) is 6.56. The first kappa shape index (κ1) is 22.8. The predicted molar refractivity (Wildman–Crippen MR) is 124 cm³/mol. The fourth-order valence-corrected chi connectivity index (χ4v) is 4.88. The molecule has 0 bridgehead atoms. The highest BCUT2D eigenvalue weighted by atomic mass is 16.5. The van der Waals surface area contributed by atoms with Crippen LogP contribution in [0.25, 0.3) is 11.1 Å². The number of carbonyl (C=O) groups is 3. The molecule has 2 aromatic carbocycles. The summed E-state index contributed by atoms with van der Waals surface area (Å²) in [5.74, 6) is -0.826. The van der Waals surface area contributed by atoms with E-state index >= 15 is 0 Å². The highest BCUT2D eigenvalue weighted by molar-refractivity contribution is 5.79. The van der Waals surface area contributed by atoms with E-state index in [-0.39, 0.29) is 36.7 Å². The molecule has 4 rings (SSSR count). The Labute approximate surface area is 193 Å². The second kappa shape index (κ2) is 10.1. The van der Waals surface area contributed by atoms with Crippen LogP contribution in [0.4, 0.5) is 4.79 Å². The number of aliphatic carboxylic acids is 1. The van der Waals surface area contributed by atoms with Crippen molar-refractivity contribution in [1.29, 1.82) is 0 Å². The molecule has 2 unspecified atom stereocenters. The van der Waals surface area contributed by atoms with E-state index in [0.717, 1.165) is 17.5 Å². The van der Waals surface area contributed by atoms with Crippen LogP contribution >= 0.6 is 0 Å². The number of carboxylic acid groups (broad SMARTS) is 1. The van der Waals surface area contributed by atoms with Crippen LogP contribution in [0.1, 0.15) is 43.2 Å². The molecule has 2 atom stereocenters. The van der Waals surface area contributed by atoms with Crippen molar-refractivity contribution in [3.05, 3.63) is 59.7 Å². The number of likely N-dealkylation sites (tertiary alicyclic amines) is 1. The molecule has 2 amide bonds. The number of amides is 2. The minimum absolute atomic E-state index is 0.00438. The Bertz CT molecular complexity index is 991. The lowest BCUT2D eigenvalue weighted by Gasteiger charge is -2.19. The van der Waals surface area contributed by atoms with Crippen molar-refractivity contribution in [1.82, 2.24) is 10.2 Å². The molecule has 33 heavy (non-hydrogen) atoms. The van der Waals surface area contributed by atoms with E-state index in [0.29, 0.717) is 26.1 Å². The van der Waals surface area contributed by atoms with Crippen molar-refractivity contribution in [2.24, 2.45) is 11.8 Å². The number of carbonyl (C=O) groups excluding carboxylic acids is 2. The maximum atomic E-state index is 12.5. The molecule has 174 valence electrons. The summed E-state index contributed by atoms with van der Waals surface area (Å²) < 4.78 is 5.54. The Balaban J connectivity index is 1.22. The number of carboxylic acids is 1. The fourth-order valence-electron chi connectivity index (χ4n) is 4.88. The second-order valence-electron chi connectivity index (χ2n) is 9.11. The van der Waals surface area contributed by atoms with Crippen molar-refractivity contribution in [3.8, 4) is 11.1 Å². The minimum Gasteiger partial charge on any atom is -0.481 e. The van der Waals surface area contributed by atoms with Gasteiger partial charge in [-0.05, 0) is 40.5 Å². The number of fused-ring (bicyclic) bond motifs is 3. The Hall–Kier alpha value is -3.35. The molecule has 1 fully saturated rings. The third-order valence-corrected chi connectivity index (χ3v) is 6.56. The van der Waals surface area contributed by atoms with E-state index in [4.69, 9.17) is 9.84 Å². The van der Waals surface area contributed by atoms with Gasteiger partial charge < -0.3 is 20.1 Å². The molecular formula is C26H30N2O5. The number of hydrogen-bond acceptors (Lipinski definition) is 4. The molecule has 0 spiro atoms. The topological polar surface area (TPSA) is 95.9 Å². The maximum Gasteiger partial charge on any atom is 0.407 e. The van der Waals surface area contributed by atoms with Gasteiger partial charge in [-0.15, -0.1) is 0 Å². The lowest BCUT2D eigenvalue weighted by molar-refractivity contribution is -0.138. The first-order chi connectivity index (χ1) is 15.9. The molecule has 7 heteroatoms. The van der Waals surface area contributed by atoms with Crippen LogP contribution in [0.15, 0.2) is 48.5 Å². The van der Waals surface area contributed by atoms with E-state index in [1.54, 1.807) is 4.90 Å². The normalized spacial score (nSPS) is 17.8. The van der Waals surface area contributed by atoms with E-state index < -0.39 is 12.1 Å². The molecule has 1 aliphatic carbocycles. The summed E-state index contributed by atoms with van der Waals surface area (Å²) in [5, 5.41) is 11.7. The summed E-state index contributed by atoms with van der Waals surface area (Å²) in [4.78, 5) is 37.4. The van der Waals surface area contributed by atoms with Gasteiger partial charge in [-0.3, -0.25) is 9.59 Å². The Morgan fingerprint density at radius 3 is 2.36 bits per heavy atom. The van der Waals surface area contributed by atoms with Crippen molar-refractivity contribution >= 4 is 18.0 Å². The van der Waals surface area contributed by atoms with Crippen molar-refractivity contribution < 1.29 is 24.2 Å². The number of rotatable bonds is 8. The SMILES string of the molecule is CC(CNC(=O)OCC1c2ccccc2-c2ccccc21)CC(=O)N1CCC(CC(=O)O)C1. The van der Waals surface area contributed by atoms with Gasteiger partial charge in [0.05, 0.1) is 0 Å². The Morgan fingerprint density at radius 1 is 1.09 bits per heavy atom. The zero-order valence-electron chi connectivity index (χ0n) is 18.8. The van der Waals surface area contributed by atoms with E-state index in [2.05, 4.69) is 29.6 Å². The van der Waals surface area contributed by atoms with Crippen LogP contribution in [0.5, 0.6) is 0 Å². The van der Waals surface area contributed by atoms with Crippen LogP contribution < -0.4 is 5.32 Å². The van der Waals surface area contributed by atoms with Gasteiger partial charge in [-0.1, -0.05) is 55.5 Å². The standard InChI is InChI=1S/C26H30N2O5/c1-17(12-24(29)28-11-10-18(15-28)13-25(30)31)14-27-26(32)33-16-23-21-8-4-2-6-19(21)20-7-3-5-9-22(20)23/h2-9,17-18,23H,10-16H2,1H3,(H,27,32)(H,30,31). The fraction of sp³-hybridized carbons (Fsp3) is 0.423. The lowest BCUT2D eigenvalue weighted by atomic mass is 9.98. The predicted octanol–water partition coefficient (Wildman–Crippen LogP) is 3.87. The number of ether oxygens (including phenoxy) is 1. The molecule has 0 radical (unpaired) electrons. The largest absolute Gasteiger partial charge is 0.481 e. The summed E-state index contributed by atoms with van der Waals surface area (Å²) >= 11 is 0. The third kappa shape index (κ3) is 5.35. The zero-order chi connectivity index (χ0) is 23.4. The molecule has 1 aliphatic heterocycles. The Morgan fingerprint density at radius 2 is 1.73 bits per heavy atom. The summed E-state index contributed by atoms with van der Waals surface area (Å²) in [5.41, 5.74) is 4.69. The van der Waals surface area contributed by atoms with Gasteiger partial charge in [-0.25, -0.2) is 4.79 Å². The Kier molecular flexibility index (Phi) is 6.96.